The molecule has 0 fully saturated rings. The molecular formula is C17H19ClN3O3S-. The Morgan fingerprint density at radius 2 is 1.92 bits per heavy atom. The zero-order valence-electron chi connectivity index (χ0n) is 13.5. The molecule has 2 rings (SSSR count). The minimum atomic E-state index is -1.29. The summed E-state index contributed by atoms with van der Waals surface area (Å²) in [7, 11) is -1.16. The van der Waals surface area contributed by atoms with Gasteiger partial charge < -0.3 is 21.0 Å². The van der Waals surface area contributed by atoms with E-state index >= 15 is 0 Å². The standard InChI is InChI=1S/C17H19N3O3S.ClH/c1-2-24(23)14-5-3-4-12(10-14)15(17(21)22)20-13-8-6-11(7-9-13)16(18)19;/h3-10,15,20H,2H2,1H3,(H3,18,19)(H,21,22);1H/p-1. The maximum atomic E-state index is 11.9. The van der Waals surface area contributed by atoms with Gasteiger partial charge in [0.15, 0.2) is 0 Å². The molecule has 0 saturated heterocycles. The molecule has 134 valence electrons. The SMILES string of the molecule is CCS(=O)c1cccc(C(Nc2ccc(C(=N)N)cc2)C(=O)[O-])c1.Cl. The molecule has 0 aromatic heterocycles. The predicted molar refractivity (Wildman–Crippen MR) is 99.5 cm³/mol. The van der Waals surface area contributed by atoms with Crippen LogP contribution in [0.1, 0.15) is 24.1 Å². The summed E-state index contributed by atoms with van der Waals surface area (Å²) in [5.74, 6) is -0.892. The number of nitrogens with one attached hydrogen (secondary N) is 2. The largest absolute Gasteiger partial charge is 0.548 e. The van der Waals surface area contributed by atoms with Gasteiger partial charge in [-0.3, -0.25) is 9.62 Å². The lowest BCUT2D eigenvalue weighted by Crippen LogP contribution is -2.34. The molecule has 0 radical (unpaired) electrons. The van der Waals surface area contributed by atoms with Crippen molar-refractivity contribution >= 4 is 40.7 Å². The van der Waals surface area contributed by atoms with Crippen molar-refractivity contribution in [2.75, 3.05) is 11.1 Å². The number of nitrogen functional groups attached to an aromatic ring is 1. The zero-order chi connectivity index (χ0) is 17.7. The van der Waals surface area contributed by atoms with Crippen molar-refractivity contribution in [3.63, 3.8) is 0 Å². The van der Waals surface area contributed by atoms with E-state index in [4.69, 9.17) is 11.1 Å². The lowest BCUT2D eigenvalue weighted by Gasteiger charge is -2.22. The minimum absolute atomic E-state index is 0. The Morgan fingerprint density at radius 1 is 1.28 bits per heavy atom. The summed E-state index contributed by atoms with van der Waals surface area (Å²) in [6, 6.07) is 12.1. The van der Waals surface area contributed by atoms with Gasteiger partial charge in [0, 0.05) is 21.9 Å². The van der Waals surface area contributed by atoms with Gasteiger partial charge in [0.25, 0.3) is 0 Å². The van der Waals surface area contributed by atoms with Crippen LogP contribution >= 0.6 is 12.4 Å². The predicted octanol–water partition coefficient (Wildman–Crippen LogP) is 1.42. The summed E-state index contributed by atoms with van der Waals surface area (Å²) >= 11 is 0. The summed E-state index contributed by atoms with van der Waals surface area (Å²) in [4.78, 5) is 12.1. The number of carboxylic acid groups (broad SMARTS) is 1. The van der Waals surface area contributed by atoms with Crippen LogP contribution in [0, 0.1) is 5.41 Å². The maximum Gasteiger partial charge on any atom is 0.122 e. The molecule has 0 bridgehead atoms. The van der Waals surface area contributed by atoms with Crippen LogP contribution in [0.5, 0.6) is 0 Å². The summed E-state index contributed by atoms with van der Waals surface area (Å²) < 4.78 is 11.9. The number of rotatable bonds is 7. The molecule has 2 aromatic carbocycles. The van der Waals surface area contributed by atoms with E-state index in [0.717, 1.165) is 0 Å². The second-order valence-electron chi connectivity index (χ2n) is 5.09. The van der Waals surface area contributed by atoms with Crippen LogP contribution in [0.3, 0.4) is 0 Å². The fourth-order valence-corrected chi connectivity index (χ4v) is 3.02. The fraction of sp³-hybridized carbons (Fsp3) is 0.176. The second kappa shape index (κ2) is 9.19. The van der Waals surface area contributed by atoms with Crippen LogP contribution < -0.4 is 16.2 Å². The second-order valence-corrected chi connectivity index (χ2v) is 6.83. The number of carboxylic acids is 1. The van der Waals surface area contributed by atoms with Gasteiger partial charge in [-0.25, -0.2) is 0 Å². The molecule has 0 aliphatic heterocycles. The van der Waals surface area contributed by atoms with E-state index in [1.54, 1.807) is 55.5 Å². The Morgan fingerprint density at radius 3 is 2.44 bits per heavy atom. The molecule has 0 saturated carbocycles. The van der Waals surface area contributed by atoms with E-state index in [1.807, 2.05) is 0 Å². The van der Waals surface area contributed by atoms with Gasteiger partial charge in [0.1, 0.15) is 5.84 Å². The molecule has 2 unspecified atom stereocenters. The minimum Gasteiger partial charge on any atom is -0.548 e. The molecule has 0 spiro atoms. The molecule has 2 aromatic rings. The first-order chi connectivity index (χ1) is 11.4. The number of hydrogen-bond acceptors (Lipinski definition) is 5. The molecule has 0 aliphatic carbocycles. The number of carbonyl (C=O) groups excluding carboxylic acids is 1. The van der Waals surface area contributed by atoms with Crippen LogP contribution in [-0.4, -0.2) is 21.8 Å². The van der Waals surface area contributed by atoms with E-state index in [0.29, 0.717) is 27.5 Å². The number of amidine groups is 1. The average Bonchev–Trinajstić information content (AvgIpc) is 2.59. The topological polar surface area (TPSA) is 119 Å². The van der Waals surface area contributed by atoms with Crippen molar-refractivity contribution in [1.29, 1.82) is 5.41 Å². The smallest absolute Gasteiger partial charge is 0.122 e. The van der Waals surface area contributed by atoms with Crippen LogP contribution in [-0.2, 0) is 15.6 Å². The highest BCUT2D eigenvalue weighted by atomic mass is 35.5. The molecular weight excluding hydrogens is 362 g/mol. The van der Waals surface area contributed by atoms with Gasteiger partial charge in [0.05, 0.1) is 22.8 Å². The van der Waals surface area contributed by atoms with Crippen molar-refractivity contribution in [3.8, 4) is 0 Å². The van der Waals surface area contributed by atoms with E-state index in [1.165, 1.54) is 0 Å². The molecule has 4 N–H and O–H groups in total. The van der Waals surface area contributed by atoms with Crippen molar-refractivity contribution < 1.29 is 14.1 Å². The number of benzene rings is 2. The van der Waals surface area contributed by atoms with Crippen molar-refractivity contribution in [1.82, 2.24) is 0 Å². The van der Waals surface area contributed by atoms with E-state index in [2.05, 4.69) is 5.32 Å². The van der Waals surface area contributed by atoms with E-state index in [9.17, 15) is 14.1 Å². The molecule has 0 heterocycles. The lowest BCUT2D eigenvalue weighted by atomic mass is 10.1. The van der Waals surface area contributed by atoms with E-state index in [-0.39, 0.29) is 18.2 Å². The monoisotopic (exact) mass is 380 g/mol. The Bertz CT molecular complexity index is 781. The first-order valence-electron chi connectivity index (χ1n) is 7.32. The van der Waals surface area contributed by atoms with Crippen molar-refractivity contribution in [2.24, 2.45) is 5.73 Å². The number of carbonyl (C=O) groups is 1. The summed E-state index contributed by atoms with van der Waals surface area (Å²) in [5.41, 5.74) is 6.95. The maximum absolute atomic E-state index is 11.9. The van der Waals surface area contributed by atoms with Crippen LogP contribution in [0.15, 0.2) is 53.4 Å². The highest BCUT2D eigenvalue weighted by Gasteiger charge is 2.14. The quantitative estimate of drug-likeness (QED) is 0.495. The Kier molecular flexibility index (Phi) is 7.60. The third-order valence-electron chi connectivity index (χ3n) is 3.46. The number of nitrogens with two attached hydrogens (primary N) is 1. The summed E-state index contributed by atoms with van der Waals surface area (Å²) in [6.45, 7) is 1.80. The highest BCUT2D eigenvalue weighted by molar-refractivity contribution is 7.85. The first-order valence-corrected chi connectivity index (χ1v) is 8.64. The van der Waals surface area contributed by atoms with Crippen LogP contribution in [0.4, 0.5) is 5.69 Å². The summed E-state index contributed by atoms with van der Waals surface area (Å²) in [5, 5.41) is 21.8. The van der Waals surface area contributed by atoms with Gasteiger partial charge in [-0.1, -0.05) is 19.1 Å². The molecule has 6 nitrogen and oxygen atoms in total. The van der Waals surface area contributed by atoms with Gasteiger partial charge in [-0.15, -0.1) is 12.4 Å². The van der Waals surface area contributed by atoms with Crippen molar-refractivity contribution in [3.05, 3.63) is 59.7 Å². The Hall–Kier alpha value is -2.38. The molecule has 0 amide bonds. The van der Waals surface area contributed by atoms with Crippen molar-refractivity contribution in [2.45, 2.75) is 17.9 Å². The zero-order valence-corrected chi connectivity index (χ0v) is 15.2. The highest BCUT2D eigenvalue weighted by Crippen LogP contribution is 2.22. The lowest BCUT2D eigenvalue weighted by molar-refractivity contribution is -0.307. The first kappa shape index (κ1) is 20.7. The number of hydrogen-bond donors (Lipinski definition) is 3. The van der Waals surface area contributed by atoms with Gasteiger partial charge in [-0.2, -0.15) is 0 Å². The third-order valence-corrected chi connectivity index (χ3v) is 4.76. The Labute approximate surface area is 154 Å². The number of anilines is 1. The van der Waals surface area contributed by atoms with Crippen LogP contribution in [0.2, 0.25) is 0 Å². The molecule has 8 heteroatoms. The fourth-order valence-electron chi connectivity index (χ4n) is 2.19. The number of halogens is 1. The average molecular weight is 381 g/mol. The van der Waals surface area contributed by atoms with Crippen LogP contribution in [0.25, 0.3) is 0 Å². The summed E-state index contributed by atoms with van der Waals surface area (Å²) in [6.07, 6.45) is 0. The molecule has 0 aliphatic rings. The third kappa shape index (κ3) is 5.30. The van der Waals surface area contributed by atoms with Gasteiger partial charge in [-0.05, 0) is 42.0 Å². The normalized spacial score (nSPS) is 12.5. The van der Waals surface area contributed by atoms with E-state index < -0.39 is 22.8 Å². The molecule has 25 heavy (non-hydrogen) atoms. The van der Waals surface area contributed by atoms with Gasteiger partial charge >= 0.3 is 0 Å². The van der Waals surface area contributed by atoms with Gasteiger partial charge in [0.2, 0.25) is 0 Å². The molecule has 2 atom stereocenters. The Balaban J connectivity index is 0.00000312. The number of aliphatic carboxylic acids is 1.